The molecule has 0 rings (SSSR count). The zero-order valence-electron chi connectivity index (χ0n) is 17.8. The molecule has 0 aromatic heterocycles. The normalized spacial score (nSPS) is 14.3. The van der Waals surface area contributed by atoms with Gasteiger partial charge in [-0.1, -0.05) is 18.2 Å². The van der Waals surface area contributed by atoms with Gasteiger partial charge in [0.15, 0.2) is 25.0 Å². The summed E-state index contributed by atoms with van der Waals surface area (Å²) in [5.41, 5.74) is 2.02. The molecule has 0 aromatic carbocycles. The lowest BCUT2D eigenvalue weighted by Crippen LogP contribution is -2.59. The van der Waals surface area contributed by atoms with Crippen LogP contribution in [0.2, 0.25) is 58.9 Å². The van der Waals surface area contributed by atoms with Crippen molar-refractivity contribution < 1.29 is 22.2 Å². The van der Waals surface area contributed by atoms with Crippen LogP contribution in [0, 0.1) is 0 Å². The molecule has 0 aromatic rings. The van der Waals surface area contributed by atoms with Crippen LogP contribution in [-0.4, -0.2) is 51.5 Å². The third kappa shape index (κ3) is 14.6. The van der Waals surface area contributed by atoms with E-state index in [1.54, 1.807) is 6.08 Å². The van der Waals surface area contributed by atoms with E-state index in [0.717, 1.165) is 0 Å². The van der Waals surface area contributed by atoms with Crippen LogP contribution < -0.4 is 5.32 Å². The highest BCUT2D eigenvalue weighted by atomic mass is 28.5. The highest BCUT2D eigenvalue weighted by molar-refractivity contribution is 6.92. The summed E-state index contributed by atoms with van der Waals surface area (Å²) in [6, 6.07) is 0. The second-order valence-electron chi connectivity index (χ2n) is 9.04. The molecule has 2 N–H and O–H groups in total. The Morgan fingerprint density at radius 2 is 1.23 bits per heavy atom. The Kier molecular flexibility index (Phi) is 9.96. The molecule has 10 heteroatoms. The molecule has 0 heterocycles. The standard InChI is InChI=1S/C16H37NO5Si4/c1-23(2,3)20-26(21-24(4,5)6,22-25(7,8)9)15-13-11-10-12-14-17-16(18)19/h10,12-13,15,17H,11,14H2,1-9H3,(H,18,19). The fourth-order valence-corrected chi connectivity index (χ4v) is 15.2. The average Bonchev–Trinajstić information content (AvgIpc) is 2.30. The number of hydrogen-bond donors (Lipinski definition) is 2. The number of allylic oxidation sites excluding steroid dienone is 2. The van der Waals surface area contributed by atoms with Gasteiger partial charge in [-0.3, -0.25) is 0 Å². The van der Waals surface area contributed by atoms with Crippen molar-refractivity contribution in [2.45, 2.75) is 65.3 Å². The average molecular weight is 436 g/mol. The van der Waals surface area contributed by atoms with Gasteiger partial charge < -0.3 is 22.8 Å². The SMILES string of the molecule is C[Si](C)(C)O[Si](C=CCC=CCNC(=O)O)(O[Si](C)(C)C)O[Si](C)(C)C. The zero-order valence-corrected chi connectivity index (χ0v) is 21.8. The van der Waals surface area contributed by atoms with Gasteiger partial charge in [0.2, 0.25) is 0 Å². The molecule has 0 aliphatic rings. The van der Waals surface area contributed by atoms with Crippen molar-refractivity contribution in [2.75, 3.05) is 6.54 Å². The summed E-state index contributed by atoms with van der Waals surface area (Å²) in [6.07, 6.45) is 5.38. The Hall–Kier alpha value is -0.502. The summed E-state index contributed by atoms with van der Waals surface area (Å²) >= 11 is 0. The molecule has 0 aliphatic heterocycles. The monoisotopic (exact) mass is 435 g/mol. The molecule has 26 heavy (non-hydrogen) atoms. The lowest BCUT2D eigenvalue weighted by Gasteiger charge is -2.41. The van der Waals surface area contributed by atoms with Crippen LogP contribution in [0.3, 0.4) is 0 Å². The summed E-state index contributed by atoms with van der Waals surface area (Å²) in [6.45, 7) is 19.7. The lowest BCUT2D eigenvalue weighted by molar-refractivity contribution is 0.195. The number of amides is 1. The molecule has 0 fully saturated rings. The van der Waals surface area contributed by atoms with Crippen molar-refractivity contribution in [3.63, 3.8) is 0 Å². The van der Waals surface area contributed by atoms with Gasteiger partial charge in [-0.25, -0.2) is 4.79 Å². The van der Waals surface area contributed by atoms with Crippen molar-refractivity contribution in [1.82, 2.24) is 5.32 Å². The van der Waals surface area contributed by atoms with E-state index in [-0.39, 0.29) is 0 Å². The van der Waals surface area contributed by atoms with Crippen LogP contribution in [0.1, 0.15) is 6.42 Å². The Morgan fingerprint density at radius 3 is 1.58 bits per heavy atom. The molecule has 152 valence electrons. The Morgan fingerprint density at radius 1 is 0.808 bits per heavy atom. The van der Waals surface area contributed by atoms with E-state index in [4.69, 9.17) is 17.5 Å². The maximum Gasteiger partial charge on any atom is 0.497 e. The number of rotatable bonds is 11. The van der Waals surface area contributed by atoms with E-state index < -0.39 is 39.8 Å². The van der Waals surface area contributed by atoms with E-state index >= 15 is 0 Å². The van der Waals surface area contributed by atoms with Crippen molar-refractivity contribution in [2.24, 2.45) is 0 Å². The highest BCUT2D eigenvalue weighted by Gasteiger charge is 2.48. The van der Waals surface area contributed by atoms with E-state index in [2.05, 4.69) is 64.2 Å². The Labute approximate surface area is 163 Å². The zero-order chi connectivity index (χ0) is 20.6. The van der Waals surface area contributed by atoms with E-state index in [0.29, 0.717) is 13.0 Å². The van der Waals surface area contributed by atoms with Crippen molar-refractivity contribution in [3.05, 3.63) is 23.9 Å². The van der Waals surface area contributed by atoms with Crippen LogP contribution >= 0.6 is 0 Å². The Bertz CT molecular complexity index is 463. The van der Waals surface area contributed by atoms with Gasteiger partial charge >= 0.3 is 14.9 Å². The van der Waals surface area contributed by atoms with E-state index in [1.807, 2.05) is 17.9 Å². The van der Waals surface area contributed by atoms with Crippen LogP contribution in [0.4, 0.5) is 4.79 Å². The van der Waals surface area contributed by atoms with Gasteiger partial charge in [-0.15, -0.1) is 0 Å². The summed E-state index contributed by atoms with van der Waals surface area (Å²) in [5.74, 6) is 0. The third-order valence-corrected chi connectivity index (χ3v) is 13.9. The summed E-state index contributed by atoms with van der Waals surface area (Å²) in [5, 5.41) is 10.9. The predicted molar refractivity (Wildman–Crippen MR) is 118 cm³/mol. The molecular formula is C16H37NO5Si4. The second kappa shape index (κ2) is 10.2. The second-order valence-corrected chi connectivity index (χ2v) is 25.7. The minimum atomic E-state index is -2.93. The van der Waals surface area contributed by atoms with Crippen molar-refractivity contribution >= 4 is 39.8 Å². The first-order valence-electron chi connectivity index (χ1n) is 8.94. The summed E-state index contributed by atoms with van der Waals surface area (Å²) < 4.78 is 19.6. The number of hydrogen-bond acceptors (Lipinski definition) is 4. The maximum absolute atomic E-state index is 10.4. The van der Waals surface area contributed by atoms with Gasteiger partial charge in [0, 0.05) is 6.54 Å². The fourth-order valence-electron chi connectivity index (χ4n) is 2.06. The number of nitrogens with one attached hydrogen (secondary N) is 1. The topological polar surface area (TPSA) is 77.0 Å². The third-order valence-electron chi connectivity index (χ3n) is 2.48. The van der Waals surface area contributed by atoms with E-state index in [1.165, 1.54) is 0 Å². The summed E-state index contributed by atoms with van der Waals surface area (Å²) in [4.78, 5) is 10.4. The largest absolute Gasteiger partial charge is 0.497 e. The minimum absolute atomic E-state index is 0.300. The molecule has 0 saturated carbocycles. The predicted octanol–water partition coefficient (Wildman–Crippen LogP) is 4.79. The maximum atomic E-state index is 10.4. The molecule has 0 spiro atoms. The van der Waals surface area contributed by atoms with Crippen molar-refractivity contribution in [1.29, 1.82) is 0 Å². The van der Waals surface area contributed by atoms with Gasteiger partial charge in [0.1, 0.15) is 0 Å². The van der Waals surface area contributed by atoms with Crippen LogP contribution in [0.5, 0.6) is 0 Å². The minimum Gasteiger partial charge on any atom is -0.465 e. The smallest absolute Gasteiger partial charge is 0.465 e. The quantitative estimate of drug-likeness (QED) is 0.360. The first-order chi connectivity index (χ1) is 11.5. The molecule has 0 saturated heterocycles. The summed E-state index contributed by atoms with van der Waals surface area (Å²) in [7, 11) is -8.55. The van der Waals surface area contributed by atoms with E-state index in [9.17, 15) is 4.79 Å². The van der Waals surface area contributed by atoms with Gasteiger partial charge in [-0.2, -0.15) is 0 Å². The highest BCUT2D eigenvalue weighted by Crippen LogP contribution is 2.26. The van der Waals surface area contributed by atoms with Crippen molar-refractivity contribution in [3.8, 4) is 0 Å². The molecule has 6 nitrogen and oxygen atoms in total. The van der Waals surface area contributed by atoms with Crippen LogP contribution in [-0.2, 0) is 12.3 Å². The first-order valence-corrected chi connectivity index (χ1v) is 21.0. The number of carbonyl (C=O) groups is 1. The molecule has 0 atom stereocenters. The molecule has 0 unspecified atom stereocenters. The molecule has 0 aliphatic carbocycles. The fraction of sp³-hybridized carbons (Fsp3) is 0.688. The molecule has 0 radical (unpaired) electrons. The molecule has 1 amide bonds. The Balaban J connectivity index is 5.37. The molecule has 0 bridgehead atoms. The lowest BCUT2D eigenvalue weighted by atomic mass is 10.4. The van der Waals surface area contributed by atoms with Gasteiger partial charge in [0.05, 0.1) is 0 Å². The van der Waals surface area contributed by atoms with Crippen LogP contribution in [0.25, 0.3) is 0 Å². The van der Waals surface area contributed by atoms with Gasteiger partial charge in [-0.05, 0) is 71.0 Å². The van der Waals surface area contributed by atoms with Crippen LogP contribution in [0.15, 0.2) is 23.9 Å². The molecular weight excluding hydrogens is 399 g/mol. The number of carboxylic acid groups (broad SMARTS) is 1. The van der Waals surface area contributed by atoms with Gasteiger partial charge in [0.25, 0.3) is 0 Å². The first kappa shape index (κ1) is 25.5.